The highest BCUT2D eigenvalue weighted by atomic mass is 16.5. The standard InChI is InChI=1S/C28H31NO6/c1-32-25-12-17-7-8-29-21(9-16-5-6-23(30)24(31)10-16)20-15-28(35-4)26(33-2)13-18(20)11-22(29)19(17)14-27(25)34-3/h5-6,10,12-15,21-22,30-31H,7-9,11H2,1-4H3/t21-,22-/m1/s1. The minimum absolute atomic E-state index is 0.0498. The Morgan fingerprint density at radius 1 is 0.743 bits per heavy atom. The van der Waals surface area contributed by atoms with Gasteiger partial charge in [0.2, 0.25) is 0 Å². The Bertz CT molecular complexity index is 1260. The fourth-order valence-electron chi connectivity index (χ4n) is 5.60. The van der Waals surface area contributed by atoms with Crippen molar-refractivity contribution in [1.82, 2.24) is 4.90 Å². The second kappa shape index (κ2) is 9.23. The fourth-order valence-corrected chi connectivity index (χ4v) is 5.60. The number of phenolic OH excluding ortho intramolecular Hbond substituents is 2. The highest BCUT2D eigenvalue weighted by Gasteiger charge is 2.39. The van der Waals surface area contributed by atoms with Crippen LogP contribution in [0.25, 0.3) is 0 Å². The lowest BCUT2D eigenvalue weighted by Gasteiger charge is -2.47. The van der Waals surface area contributed by atoms with E-state index in [4.69, 9.17) is 18.9 Å². The minimum atomic E-state index is -0.116. The smallest absolute Gasteiger partial charge is 0.161 e. The lowest BCUT2D eigenvalue weighted by atomic mass is 9.79. The highest BCUT2D eigenvalue weighted by molar-refractivity contribution is 5.54. The molecule has 0 bridgehead atoms. The molecule has 0 radical (unpaired) electrons. The first-order valence-corrected chi connectivity index (χ1v) is 11.7. The first-order chi connectivity index (χ1) is 17.0. The Kier molecular flexibility index (Phi) is 6.11. The third kappa shape index (κ3) is 4.00. The minimum Gasteiger partial charge on any atom is -0.504 e. The zero-order chi connectivity index (χ0) is 24.7. The molecular formula is C28H31NO6. The summed E-state index contributed by atoms with van der Waals surface area (Å²) in [5, 5.41) is 19.9. The van der Waals surface area contributed by atoms with Crippen LogP contribution in [0.2, 0.25) is 0 Å². The summed E-state index contributed by atoms with van der Waals surface area (Å²) in [6.07, 6.45) is 2.40. The number of rotatable bonds is 6. The Hall–Kier alpha value is -3.58. The molecule has 35 heavy (non-hydrogen) atoms. The zero-order valence-electron chi connectivity index (χ0n) is 20.5. The number of methoxy groups -OCH3 is 4. The molecule has 0 unspecified atom stereocenters. The SMILES string of the molecule is COc1cc2c(cc1OC)[C@@H](Cc1ccc(O)c(O)c1)N1CCc3cc(OC)c(OC)cc3[C@H]1C2. The van der Waals surface area contributed by atoms with Gasteiger partial charge >= 0.3 is 0 Å². The molecule has 2 N–H and O–H groups in total. The molecule has 184 valence electrons. The second-order valence-electron chi connectivity index (χ2n) is 9.06. The number of benzene rings is 3. The normalized spacial score (nSPS) is 18.7. The summed E-state index contributed by atoms with van der Waals surface area (Å²) in [6, 6.07) is 13.6. The van der Waals surface area contributed by atoms with Gasteiger partial charge in [0.05, 0.1) is 28.4 Å². The first kappa shape index (κ1) is 23.2. The van der Waals surface area contributed by atoms with Gasteiger partial charge in [-0.2, -0.15) is 0 Å². The number of hydrogen-bond donors (Lipinski definition) is 2. The van der Waals surface area contributed by atoms with Gasteiger partial charge in [-0.1, -0.05) is 6.07 Å². The molecule has 2 atom stereocenters. The zero-order valence-corrected chi connectivity index (χ0v) is 20.5. The van der Waals surface area contributed by atoms with Gasteiger partial charge in [-0.3, -0.25) is 4.90 Å². The second-order valence-corrected chi connectivity index (χ2v) is 9.06. The molecular weight excluding hydrogens is 446 g/mol. The van der Waals surface area contributed by atoms with Crippen LogP contribution in [0.3, 0.4) is 0 Å². The maximum atomic E-state index is 10.1. The van der Waals surface area contributed by atoms with Crippen molar-refractivity contribution in [3.8, 4) is 34.5 Å². The van der Waals surface area contributed by atoms with Gasteiger partial charge < -0.3 is 29.2 Å². The van der Waals surface area contributed by atoms with E-state index in [1.165, 1.54) is 22.3 Å². The van der Waals surface area contributed by atoms with Crippen LogP contribution >= 0.6 is 0 Å². The number of hydrogen-bond acceptors (Lipinski definition) is 7. The van der Waals surface area contributed by atoms with Crippen molar-refractivity contribution < 1.29 is 29.2 Å². The Balaban J connectivity index is 1.63. The van der Waals surface area contributed by atoms with Crippen LogP contribution in [-0.2, 0) is 19.3 Å². The molecule has 3 aromatic rings. The topological polar surface area (TPSA) is 80.6 Å². The molecule has 5 rings (SSSR count). The van der Waals surface area contributed by atoms with E-state index in [2.05, 4.69) is 29.2 Å². The van der Waals surface area contributed by atoms with Crippen molar-refractivity contribution in [1.29, 1.82) is 0 Å². The van der Waals surface area contributed by atoms with Crippen molar-refractivity contribution >= 4 is 0 Å². The molecule has 0 saturated heterocycles. The fraction of sp³-hybridized carbons (Fsp3) is 0.357. The van der Waals surface area contributed by atoms with E-state index in [9.17, 15) is 10.2 Å². The van der Waals surface area contributed by atoms with Gasteiger partial charge in [0.25, 0.3) is 0 Å². The summed E-state index contributed by atoms with van der Waals surface area (Å²) in [4.78, 5) is 2.53. The highest BCUT2D eigenvalue weighted by Crippen LogP contribution is 2.49. The number of phenols is 2. The molecule has 2 aliphatic heterocycles. The molecule has 0 aromatic heterocycles. The summed E-state index contributed by atoms with van der Waals surface area (Å²) in [6.45, 7) is 0.885. The predicted octanol–water partition coefficient (Wildman–Crippen LogP) is 4.57. The van der Waals surface area contributed by atoms with Gasteiger partial charge in [0.15, 0.2) is 34.5 Å². The molecule has 7 heteroatoms. The molecule has 0 spiro atoms. The van der Waals surface area contributed by atoms with Crippen molar-refractivity contribution in [2.24, 2.45) is 0 Å². The summed E-state index contributed by atoms with van der Waals surface area (Å²) in [5.41, 5.74) is 5.86. The van der Waals surface area contributed by atoms with Crippen molar-refractivity contribution in [2.75, 3.05) is 35.0 Å². The Labute approximate surface area is 205 Å². The van der Waals surface area contributed by atoms with Crippen LogP contribution in [0.4, 0.5) is 0 Å². The third-order valence-corrected chi connectivity index (χ3v) is 7.33. The Morgan fingerprint density at radius 3 is 1.97 bits per heavy atom. The maximum Gasteiger partial charge on any atom is 0.161 e. The van der Waals surface area contributed by atoms with Gasteiger partial charge in [0.1, 0.15) is 0 Å². The molecule has 0 amide bonds. The van der Waals surface area contributed by atoms with E-state index in [1.54, 1.807) is 40.6 Å². The van der Waals surface area contributed by atoms with Crippen LogP contribution in [0.5, 0.6) is 34.5 Å². The molecule has 3 aromatic carbocycles. The van der Waals surface area contributed by atoms with Crippen molar-refractivity contribution in [2.45, 2.75) is 31.3 Å². The monoisotopic (exact) mass is 477 g/mol. The summed E-state index contributed by atoms with van der Waals surface area (Å²) in [7, 11) is 6.64. The molecule has 7 nitrogen and oxygen atoms in total. The quantitative estimate of drug-likeness (QED) is 0.504. The van der Waals surface area contributed by atoms with E-state index < -0.39 is 0 Å². The summed E-state index contributed by atoms with van der Waals surface area (Å²) < 4.78 is 22.4. The maximum absolute atomic E-state index is 10.1. The van der Waals surface area contributed by atoms with Crippen molar-refractivity contribution in [3.63, 3.8) is 0 Å². The van der Waals surface area contributed by atoms with Crippen LogP contribution in [-0.4, -0.2) is 50.1 Å². The van der Waals surface area contributed by atoms with Crippen LogP contribution in [0.1, 0.15) is 39.9 Å². The number of ether oxygens (including phenoxy) is 4. The van der Waals surface area contributed by atoms with Gasteiger partial charge in [-0.15, -0.1) is 0 Å². The van der Waals surface area contributed by atoms with Gasteiger partial charge in [-0.05, 0) is 83.5 Å². The average Bonchev–Trinajstić information content (AvgIpc) is 2.88. The number of fused-ring (bicyclic) bond motifs is 4. The number of nitrogens with zero attached hydrogens (tertiary/aromatic N) is 1. The van der Waals surface area contributed by atoms with Crippen LogP contribution in [0, 0.1) is 0 Å². The predicted molar refractivity (Wildman–Crippen MR) is 132 cm³/mol. The van der Waals surface area contributed by atoms with E-state index in [0.29, 0.717) is 17.9 Å². The average molecular weight is 478 g/mol. The lowest BCUT2D eigenvalue weighted by Crippen LogP contribution is -2.43. The molecule has 2 aliphatic rings. The van der Waals surface area contributed by atoms with Gasteiger partial charge in [0, 0.05) is 18.6 Å². The summed E-state index contributed by atoms with van der Waals surface area (Å²) in [5.74, 6) is 2.67. The van der Waals surface area contributed by atoms with E-state index >= 15 is 0 Å². The Morgan fingerprint density at radius 2 is 1.34 bits per heavy atom. The largest absolute Gasteiger partial charge is 0.504 e. The van der Waals surface area contributed by atoms with Crippen LogP contribution < -0.4 is 18.9 Å². The van der Waals surface area contributed by atoms with Gasteiger partial charge in [-0.25, -0.2) is 0 Å². The molecule has 0 aliphatic carbocycles. The first-order valence-electron chi connectivity index (χ1n) is 11.7. The molecule has 0 fully saturated rings. The van der Waals surface area contributed by atoms with E-state index in [-0.39, 0.29) is 23.6 Å². The number of aromatic hydroxyl groups is 2. The summed E-state index contributed by atoms with van der Waals surface area (Å²) >= 11 is 0. The molecule has 0 saturated carbocycles. The lowest BCUT2D eigenvalue weighted by molar-refractivity contribution is 0.106. The van der Waals surface area contributed by atoms with Crippen LogP contribution in [0.15, 0.2) is 42.5 Å². The van der Waals surface area contributed by atoms with E-state index in [1.807, 2.05) is 6.07 Å². The third-order valence-electron chi connectivity index (χ3n) is 7.33. The molecule has 2 heterocycles. The van der Waals surface area contributed by atoms with Crippen molar-refractivity contribution in [3.05, 3.63) is 70.3 Å². The van der Waals surface area contributed by atoms with E-state index in [0.717, 1.165) is 36.4 Å².